The average molecular weight is 293 g/mol. The number of non-ortho nitro benzene ring substituents is 1. The van der Waals surface area contributed by atoms with Gasteiger partial charge in [0.1, 0.15) is 0 Å². The fourth-order valence-electron chi connectivity index (χ4n) is 2.62. The number of hydrogen-bond acceptors (Lipinski definition) is 4. The largest absolute Gasteiger partial charge is 0.388 e. The molecule has 0 radical (unpaired) electrons. The van der Waals surface area contributed by atoms with Crippen LogP contribution in [0.25, 0.3) is 0 Å². The van der Waals surface area contributed by atoms with Crippen LogP contribution in [0.2, 0.25) is 0 Å². The van der Waals surface area contributed by atoms with Crippen molar-refractivity contribution < 1.29 is 14.8 Å². The Balaban J connectivity index is 1.97. The second kappa shape index (κ2) is 6.09. The molecule has 2 rings (SSSR count). The summed E-state index contributed by atoms with van der Waals surface area (Å²) in [4.78, 5) is 23.6. The predicted octanol–water partition coefficient (Wildman–Crippen LogP) is 2.36. The minimum absolute atomic E-state index is 0.0788. The Labute approximate surface area is 122 Å². The Morgan fingerprint density at radius 3 is 2.76 bits per heavy atom. The lowest BCUT2D eigenvalue weighted by Crippen LogP contribution is -2.43. The molecule has 7 heteroatoms. The molecule has 2 amide bonds. The molecule has 21 heavy (non-hydrogen) atoms. The number of carbonyl (C=O) groups excluding carboxylic acids is 1. The first-order chi connectivity index (χ1) is 9.89. The maximum atomic E-state index is 12.1. The fourth-order valence-corrected chi connectivity index (χ4v) is 2.62. The van der Waals surface area contributed by atoms with Crippen LogP contribution in [-0.4, -0.2) is 40.2 Å². The van der Waals surface area contributed by atoms with Gasteiger partial charge in [0.15, 0.2) is 0 Å². The standard InChI is InChI=1S/C14H19N3O4/c1-16(10-14(19)7-2-3-8-14)13(18)15-11-5-4-6-12(9-11)17(20)21/h4-6,9,19H,2-3,7-8,10H2,1H3,(H,15,18). The molecule has 0 aliphatic heterocycles. The summed E-state index contributed by atoms with van der Waals surface area (Å²) in [5.41, 5.74) is -0.529. The second-order valence-corrected chi connectivity index (χ2v) is 5.53. The molecule has 1 saturated carbocycles. The van der Waals surface area contributed by atoms with Gasteiger partial charge in [0.05, 0.1) is 17.1 Å². The monoisotopic (exact) mass is 293 g/mol. The van der Waals surface area contributed by atoms with E-state index in [1.807, 2.05) is 0 Å². The maximum absolute atomic E-state index is 12.1. The number of rotatable bonds is 4. The van der Waals surface area contributed by atoms with Crippen molar-refractivity contribution in [3.8, 4) is 0 Å². The molecular weight excluding hydrogens is 274 g/mol. The molecule has 0 unspecified atom stereocenters. The number of amides is 2. The van der Waals surface area contributed by atoms with Crippen LogP contribution < -0.4 is 5.32 Å². The van der Waals surface area contributed by atoms with Gasteiger partial charge in [0.2, 0.25) is 0 Å². The third-order valence-electron chi connectivity index (χ3n) is 3.72. The lowest BCUT2D eigenvalue weighted by Gasteiger charge is -2.28. The summed E-state index contributed by atoms with van der Waals surface area (Å²) in [5.74, 6) is 0. The number of nitro groups is 1. The summed E-state index contributed by atoms with van der Waals surface area (Å²) in [6.07, 6.45) is 3.33. The normalized spacial score (nSPS) is 16.5. The number of aliphatic hydroxyl groups is 1. The molecule has 0 heterocycles. The van der Waals surface area contributed by atoms with Crippen LogP contribution >= 0.6 is 0 Å². The molecule has 114 valence electrons. The number of nitro benzene ring substituents is 1. The van der Waals surface area contributed by atoms with Gasteiger partial charge < -0.3 is 15.3 Å². The second-order valence-electron chi connectivity index (χ2n) is 5.53. The van der Waals surface area contributed by atoms with E-state index < -0.39 is 16.6 Å². The lowest BCUT2D eigenvalue weighted by atomic mass is 10.0. The van der Waals surface area contributed by atoms with E-state index in [0.717, 1.165) is 12.8 Å². The summed E-state index contributed by atoms with van der Waals surface area (Å²) in [7, 11) is 1.60. The Hall–Kier alpha value is -2.15. The number of nitrogens with zero attached hydrogens (tertiary/aromatic N) is 2. The van der Waals surface area contributed by atoms with Crippen LogP contribution in [-0.2, 0) is 0 Å². The van der Waals surface area contributed by atoms with Crippen LogP contribution in [0.3, 0.4) is 0 Å². The van der Waals surface area contributed by atoms with E-state index in [4.69, 9.17) is 0 Å². The Morgan fingerprint density at radius 1 is 1.48 bits per heavy atom. The third kappa shape index (κ3) is 3.91. The summed E-state index contributed by atoms with van der Waals surface area (Å²) in [6, 6.07) is 5.37. The van der Waals surface area contributed by atoms with Gasteiger partial charge >= 0.3 is 6.03 Å². The van der Waals surface area contributed by atoms with Crippen LogP contribution in [0.15, 0.2) is 24.3 Å². The molecule has 0 spiro atoms. The number of nitrogens with one attached hydrogen (secondary N) is 1. The van der Waals surface area contributed by atoms with Crippen molar-refractivity contribution in [2.45, 2.75) is 31.3 Å². The van der Waals surface area contributed by atoms with E-state index in [9.17, 15) is 20.0 Å². The van der Waals surface area contributed by atoms with Gasteiger partial charge in [0, 0.05) is 24.9 Å². The summed E-state index contributed by atoms with van der Waals surface area (Å²) in [6.45, 7) is 0.258. The van der Waals surface area contributed by atoms with Crippen LogP contribution in [0.1, 0.15) is 25.7 Å². The first-order valence-electron chi connectivity index (χ1n) is 6.89. The maximum Gasteiger partial charge on any atom is 0.321 e. The van der Waals surface area contributed by atoms with Crippen molar-refractivity contribution in [3.05, 3.63) is 34.4 Å². The zero-order chi connectivity index (χ0) is 15.5. The van der Waals surface area contributed by atoms with Gasteiger partial charge in [-0.05, 0) is 18.9 Å². The van der Waals surface area contributed by atoms with Gasteiger partial charge in [-0.2, -0.15) is 0 Å². The summed E-state index contributed by atoms with van der Waals surface area (Å²) in [5, 5.41) is 23.6. The number of benzene rings is 1. The van der Waals surface area contributed by atoms with E-state index in [1.165, 1.54) is 23.1 Å². The molecule has 0 aromatic heterocycles. The van der Waals surface area contributed by atoms with Crippen LogP contribution in [0.4, 0.5) is 16.2 Å². The molecule has 1 aliphatic carbocycles. The fraction of sp³-hybridized carbons (Fsp3) is 0.500. The highest BCUT2D eigenvalue weighted by Gasteiger charge is 2.33. The molecule has 1 aromatic rings. The number of carbonyl (C=O) groups is 1. The number of urea groups is 1. The van der Waals surface area contributed by atoms with Gasteiger partial charge in [0.25, 0.3) is 5.69 Å². The summed E-state index contributed by atoms with van der Waals surface area (Å²) < 4.78 is 0. The molecule has 2 N–H and O–H groups in total. The van der Waals surface area contributed by atoms with Crippen LogP contribution in [0, 0.1) is 10.1 Å². The van der Waals surface area contributed by atoms with Crippen molar-refractivity contribution in [1.82, 2.24) is 4.90 Å². The van der Waals surface area contributed by atoms with Gasteiger partial charge in [-0.1, -0.05) is 18.9 Å². The molecule has 1 fully saturated rings. The van der Waals surface area contributed by atoms with Gasteiger partial charge in [-0.3, -0.25) is 10.1 Å². The molecular formula is C14H19N3O4. The Bertz CT molecular complexity index is 541. The van der Waals surface area contributed by atoms with Crippen molar-refractivity contribution in [2.75, 3.05) is 18.9 Å². The number of hydrogen-bond donors (Lipinski definition) is 2. The minimum Gasteiger partial charge on any atom is -0.388 e. The Morgan fingerprint density at radius 2 is 2.14 bits per heavy atom. The van der Waals surface area contributed by atoms with Gasteiger partial charge in [-0.15, -0.1) is 0 Å². The van der Waals surface area contributed by atoms with Crippen molar-refractivity contribution in [2.24, 2.45) is 0 Å². The highest BCUT2D eigenvalue weighted by atomic mass is 16.6. The Kier molecular flexibility index (Phi) is 4.42. The van der Waals surface area contributed by atoms with Crippen molar-refractivity contribution in [1.29, 1.82) is 0 Å². The van der Waals surface area contributed by atoms with E-state index >= 15 is 0 Å². The highest BCUT2D eigenvalue weighted by molar-refractivity contribution is 5.89. The number of anilines is 1. The summed E-state index contributed by atoms with van der Waals surface area (Å²) >= 11 is 0. The topological polar surface area (TPSA) is 95.7 Å². The van der Waals surface area contributed by atoms with Crippen molar-refractivity contribution in [3.63, 3.8) is 0 Å². The molecule has 1 aliphatic rings. The molecule has 1 aromatic carbocycles. The predicted molar refractivity (Wildman–Crippen MR) is 78.2 cm³/mol. The highest BCUT2D eigenvalue weighted by Crippen LogP contribution is 2.30. The first kappa shape index (κ1) is 15.2. The van der Waals surface area contributed by atoms with E-state index in [-0.39, 0.29) is 12.2 Å². The molecule has 7 nitrogen and oxygen atoms in total. The lowest BCUT2D eigenvalue weighted by molar-refractivity contribution is -0.384. The smallest absolute Gasteiger partial charge is 0.321 e. The van der Waals surface area contributed by atoms with E-state index in [1.54, 1.807) is 13.1 Å². The molecule has 0 bridgehead atoms. The van der Waals surface area contributed by atoms with E-state index in [0.29, 0.717) is 18.5 Å². The SMILES string of the molecule is CN(CC1(O)CCCC1)C(=O)Nc1cccc([N+](=O)[O-])c1. The first-order valence-corrected chi connectivity index (χ1v) is 6.89. The van der Waals surface area contributed by atoms with Crippen LogP contribution in [0.5, 0.6) is 0 Å². The zero-order valence-corrected chi connectivity index (χ0v) is 11.9. The molecule has 0 atom stereocenters. The van der Waals surface area contributed by atoms with E-state index in [2.05, 4.69) is 5.32 Å². The third-order valence-corrected chi connectivity index (χ3v) is 3.72. The molecule has 0 saturated heterocycles. The van der Waals surface area contributed by atoms with Gasteiger partial charge in [-0.25, -0.2) is 4.79 Å². The zero-order valence-electron chi connectivity index (χ0n) is 11.9. The quantitative estimate of drug-likeness (QED) is 0.658. The minimum atomic E-state index is -0.811. The van der Waals surface area contributed by atoms with Crippen molar-refractivity contribution >= 4 is 17.4 Å². The number of likely N-dealkylation sites (N-methyl/N-ethyl adjacent to an activating group) is 1. The average Bonchev–Trinajstić information content (AvgIpc) is 2.85.